The fourth-order valence-electron chi connectivity index (χ4n) is 2.35. The molecule has 0 fully saturated rings. The first kappa shape index (κ1) is 26.6. The number of hydrogen-bond donors (Lipinski definition) is 3. The number of hydrogen-bond acceptors (Lipinski definition) is 4. The minimum atomic E-state index is -3.16. The highest BCUT2D eigenvalue weighted by Gasteiger charge is 2.14. The van der Waals surface area contributed by atoms with E-state index in [-0.39, 0.29) is 53.5 Å². The van der Waals surface area contributed by atoms with Crippen molar-refractivity contribution in [3.05, 3.63) is 35.9 Å². The van der Waals surface area contributed by atoms with E-state index in [4.69, 9.17) is 0 Å². The van der Waals surface area contributed by atoms with Crippen molar-refractivity contribution in [1.82, 2.24) is 16.0 Å². The van der Waals surface area contributed by atoms with Gasteiger partial charge in [-0.1, -0.05) is 30.3 Å². The third-order valence-electron chi connectivity index (χ3n) is 3.39. The zero-order valence-corrected chi connectivity index (χ0v) is 20.3. The monoisotopic (exact) mass is 524 g/mol. The van der Waals surface area contributed by atoms with Crippen LogP contribution in [0, 0.1) is 0 Å². The van der Waals surface area contributed by atoms with Crippen molar-refractivity contribution in [3.8, 4) is 0 Å². The van der Waals surface area contributed by atoms with Crippen LogP contribution in [0.5, 0.6) is 0 Å². The van der Waals surface area contributed by atoms with Crippen molar-refractivity contribution < 1.29 is 13.2 Å². The molecule has 0 heterocycles. The van der Waals surface area contributed by atoms with E-state index in [9.17, 15) is 13.2 Å². The van der Waals surface area contributed by atoms with Gasteiger partial charge in [0.25, 0.3) is 0 Å². The largest absolute Gasteiger partial charge is 0.357 e. The van der Waals surface area contributed by atoms with Gasteiger partial charge in [-0.05, 0) is 39.7 Å². The first-order chi connectivity index (χ1) is 12.6. The van der Waals surface area contributed by atoms with Crippen molar-refractivity contribution in [2.45, 2.75) is 45.4 Å². The van der Waals surface area contributed by atoms with E-state index in [0.717, 1.165) is 5.56 Å². The summed E-state index contributed by atoms with van der Waals surface area (Å²) in [5, 5.41) is 8.96. The van der Waals surface area contributed by atoms with Crippen molar-refractivity contribution >= 4 is 45.7 Å². The highest BCUT2D eigenvalue weighted by molar-refractivity contribution is 14.0. The second-order valence-corrected chi connectivity index (χ2v) is 9.54. The SMILES string of the molecule is CCNC(=NCC(=O)NC(C)(C)C)NCCCS(=O)(=O)Cc1ccccc1.I. The lowest BCUT2D eigenvalue weighted by Crippen LogP contribution is -2.43. The van der Waals surface area contributed by atoms with Gasteiger partial charge in [-0.2, -0.15) is 0 Å². The Labute approximate surface area is 186 Å². The molecule has 1 amide bonds. The molecule has 0 aromatic heterocycles. The molecule has 0 radical (unpaired) electrons. The molecular formula is C19H33IN4O3S. The zero-order chi connectivity index (χ0) is 20.3. The first-order valence-corrected chi connectivity index (χ1v) is 11.0. The number of carbonyl (C=O) groups is 1. The van der Waals surface area contributed by atoms with Crippen molar-refractivity contribution in [3.63, 3.8) is 0 Å². The van der Waals surface area contributed by atoms with Gasteiger partial charge in [0.05, 0.1) is 11.5 Å². The van der Waals surface area contributed by atoms with Crippen molar-refractivity contribution in [1.29, 1.82) is 0 Å². The molecule has 0 saturated heterocycles. The van der Waals surface area contributed by atoms with Crippen LogP contribution in [-0.4, -0.2) is 51.2 Å². The molecule has 0 unspecified atom stereocenters. The van der Waals surface area contributed by atoms with Crippen LogP contribution >= 0.6 is 24.0 Å². The highest BCUT2D eigenvalue weighted by Crippen LogP contribution is 2.06. The second kappa shape index (κ2) is 13.0. The minimum Gasteiger partial charge on any atom is -0.357 e. The van der Waals surface area contributed by atoms with Crippen LogP contribution in [0.15, 0.2) is 35.3 Å². The molecule has 28 heavy (non-hydrogen) atoms. The van der Waals surface area contributed by atoms with Gasteiger partial charge >= 0.3 is 0 Å². The number of rotatable bonds is 9. The Morgan fingerprint density at radius 3 is 2.32 bits per heavy atom. The average Bonchev–Trinajstić information content (AvgIpc) is 2.55. The van der Waals surface area contributed by atoms with Gasteiger partial charge in [-0.25, -0.2) is 13.4 Å². The van der Waals surface area contributed by atoms with Crippen molar-refractivity contribution in [2.75, 3.05) is 25.4 Å². The quantitative estimate of drug-likeness (QED) is 0.199. The first-order valence-electron chi connectivity index (χ1n) is 9.19. The van der Waals surface area contributed by atoms with Crippen LogP contribution in [0.4, 0.5) is 0 Å². The lowest BCUT2D eigenvalue weighted by Gasteiger charge is -2.20. The molecule has 0 saturated carbocycles. The molecule has 0 aliphatic carbocycles. The van der Waals surface area contributed by atoms with E-state index >= 15 is 0 Å². The van der Waals surface area contributed by atoms with Gasteiger partial charge in [-0.15, -0.1) is 24.0 Å². The summed E-state index contributed by atoms with van der Waals surface area (Å²) in [5.41, 5.74) is 0.496. The predicted octanol–water partition coefficient (Wildman–Crippen LogP) is 2.08. The number of nitrogens with one attached hydrogen (secondary N) is 3. The maximum Gasteiger partial charge on any atom is 0.242 e. The molecule has 0 atom stereocenters. The summed E-state index contributed by atoms with van der Waals surface area (Å²) in [6.45, 7) is 8.78. The second-order valence-electron chi connectivity index (χ2n) is 7.35. The van der Waals surface area contributed by atoms with Crippen LogP contribution in [-0.2, 0) is 20.4 Å². The molecule has 160 valence electrons. The molecule has 0 bridgehead atoms. The number of amides is 1. The number of aliphatic imine (C=N–C) groups is 1. The van der Waals surface area contributed by atoms with E-state index in [0.29, 0.717) is 25.5 Å². The van der Waals surface area contributed by atoms with Crippen LogP contribution in [0.25, 0.3) is 0 Å². The maximum atomic E-state index is 12.2. The standard InChI is InChI=1S/C19H32N4O3S.HI/c1-5-20-18(22-14-17(24)23-19(2,3)4)21-12-9-13-27(25,26)15-16-10-7-6-8-11-16;/h6-8,10-11H,5,9,12-15H2,1-4H3,(H,23,24)(H2,20,21,22);1H. The van der Waals surface area contributed by atoms with Crippen LogP contribution in [0.2, 0.25) is 0 Å². The minimum absolute atomic E-state index is 0. The van der Waals surface area contributed by atoms with Crippen LogP contribution < -0.4 is 16.0 Å². The Balaban J connectivity index is 0.00000729. The third kappa shape index (κ3) is 12.9. The number of sulfone groups is 1. The maximum absolute atomic E-state index is 12.2. The van der Waals surface area contributed by atoms with Gasteiger partial charge < -0.3 is 16.0 Å². The number of benzene rings is 1. The van der Waals surface area contributed by atoms with Crippen LogP contribution in [0.3, 0.4) is 0 Å². The highest BCUT2D eigenvalue weighted by atomic mass is 127. The van der Waals surface area contributed by atoms with Gasteiger partial charge in [0.2, 0.25) is 5.91 Å². The predicted molar refractivity (Wildman–Crippen MR) is 126 cm³/mol. The van der Waals surface area contributed by atoms with Crippen LogP contribution in [0.1, 0.15) is 39.7 Å². The lowest BCUT2D eigenvalue weighted by atomic mass is 10.1. The van der Waals surface area contributed by atoms with E-state index in [1.807, 2.05) is 58.0 Å². The molecule has 1 aromatic carbocycles. The van der Waals surface area contributed by atoms with Gasteiger partial charge in [0.15, 0.2) is 15.8 Å². The number of guanidine groups is 1. The molecule has 3 N–H and O–H groups in total. The van der Waals surface area contributed by atoms with Gasteiger partial charge in [0, 0.05) is 18.6 Å². The van der Waals surface area contributed by atoms with E-state index < -0.39 is 9.84 Å². The molecule has 7 nitrogen and oxygen atoms in total. The number of carbonyl (C=O) groups excluding carboxylic acids is 1. The summed E-state index contributed by atoms with van der Waals surface area (Å²) < 4.78 is 24.4. The fraction of sp³-hybridized carbons (Fsp3) is 0.579. The molecular weight excluding hydrogens is 491 g/mol. The van der Waals surface area contributed by atoms with Gasteiger partial charge in [0.1, 0.15) is 6.54 Å². The molecule has 0 aliphatic heterocycles. The smallest absolute Gasteiger partial charge is 0.242 e. The Kier molecular flexibility index (Phi) is 12.3. The summed E-state index contributed by atoms with van der Waals surface area (Å²) in [7, 11) is -3.16. The molecule has 1 aromatic rings. The molecule has 0 spiro atoms. The van der Waals surface area contributed by atoms with E-state index in [1.165, 1.54) is 0 Å². The average molecular weight is 524 g/mol. The van der Waals surface area contributed by atoms with Gasteiger partial charge in [-0.3, -0.25) is 4.79 Å². The van der Waals surface area contributed by atoms with E-state index in [2.05, 4.69) is 20.9 Å². The normalized spacial score (nSPS) is 12.1. The fourth-order valence-corrected chi connectivity index (χ4v) is 3.78. The zero-order valence-electron chi connectivity index (χ0n) is 17.1. The Hall–Kier alpha value is -1.36. The summed E-state index contributed by atoms with van der Waals surface area (Å²) in [5.74, 6) is 0.487. The van der Waals surface area contributed by atoms with Crippen molar-refractivity contribution in [2.24, 2.45) is 4.99 Å². The summed E-state index contributed by atoms with van der Waals surface area (Å²) in [6, 6.07) is 9.16. The Morgan fingerprint density at radius 1 is 1.11 bits per heavy atom. The molecule has 1 rings (SSSR count). The van der Waals surface area contributed by atoms with E-state index in [1.54, 1.807) is 0 Å². The molecule has 9 heteroatoms. The summed E-state index contributed by atoms with van der Waals surface area (Å²) in [4.78, 5) is 16.1. The number of halogens is 1. The summed E-state index contributed by atoms with van der Waals surface area (Å²) >= 11 is 0. The Morgan fingerprint density at radius 2 is 1.75 bits per heavy atom. The Bertz CT molecular complexity index is 716. The lowest BCUT2D eigenvalue weighted by molar-refractivity contribution is -0.121. The summed E-state index contributed by atoms with van der Waals surface area (Å²) in [6.07, 6.45) is 0.466. The topological polar surface area (TPSA) is 99.7 Å². The third-order valence-corrected chi connectivity index (χ3v) is 5.08. The number of nitrogens with zero attached hydrogens (tertiary/aromatic N) is 1. The molecule has 0 aliphatic rings.